The minimum absolute atomic E-state index is 0.0225. The highest BCUT2D eigenvalue weighted by Crippen LogP contribution is 2.50. The molecule has 1 N–H and O–H groups in total. The smallest absolute Gasteiger partial charge is 0.251 e. The van der Waals surface area contributed by atoms with Crippen LogP contribution >= 0.6 is 0 Å². The van der Waals surface area contributed by atoms with Crippen LogP contribution in [0.3, 0.4) is 0 Å². The van der Waals surface area contributed by atoms with Crippen molar-refractivity contribution in [3.05, 3.63) is 54.1 Å². The fourth-order valence-electron chi connectivity index (χ4n) is 3.40. The Balaban J connectivity index is 1.44. The maximum absolute atomic E-state index is 14.3. The normalized spacial score (nSPS) is 20.7. The van der Waals surface area contributed by atoms with E-state index in [1.807, 2.05) is 18.2 Å². The van der Waals surface area contributed by atoms with Gasteiger partial charge in [-0.3, -0.25) is 0 Å². The van der Waals surface area contributed by atoms with Gasteiger partial charge >= 0.3 is 0 Å². The van der Waals surface area contributed by atoms with E-state index in [1.54, 1.807) is 17.2 Å². The van der Waals surface area contributed by atoms with Gasteiger partial charge < -0.3 is 15.1 Å². The summed E-state index contributed by atoms with van der Waals surface area (Å²) >= 11 is 0. The van der Waals surface area contributed by atoms with E-state index in [0.717, 1.165) is 25.2 Å². The lowest BCUT2D eigenvalue weighted by Gasteiger charge is -2.27. The number of nitrogens with zero attached hydrogens (tertiary/aromatic N) is 2. The summed E-state index contributed by atoms with van der Waals surface area (Å²) in [6.45, 7) is 5.12. The first-order valence-corrected chi connectivity index (χ1v) is 9.72. The molecule has 0 saturated heterocycles. The zero-order valence-corrected chi connectivity index (χ0v) is 15.8. The minimum atomic E-state index is -2.50. The second-order valence-electron chi connectivity index (χ2n) is 7.30. The molecule has 1 aliphatic carbocycles. The van der Waals surface area contributed by atoms with E-state index in [2.05, 4.69) is 29.3 Å². The molecule has 1 atom stereocenters. The molecule has 1 unspecified atom stereocenters. The van der Waals surface area contributed by atoms with Crippen molar-refractivity contribution in [3.63, 3.8) is 0 Å². The molecule has 27 heavy (non-hydrogen) atoms. The van der Waals surface area contributed by atoms with Crippen molar-refractivity contribution in [3.8, 4) is 0 Å². The maximum atomic E-state index is 14.3. The van der Waals surface area contributed by atoms with Gasteiger partial charge in [0.2, 0.25) is 0 Å². The van der Waals surface area contributed by atoms with Crippen molar-refractivity contribution >= 4 is 5.69 Å². The fourth-order valence-corrected chi connectivity index (χ4v) is 3.40. The zero-order chi connectivity index (χ0) is 19.3. The third-order valence-electron chi connectivity index (χ3n) is 5.12. The Bertz CT molecular complexity index is 673. The highest BCUT2D eigenvalue weighted by atomic mass is 19.3. The molecule has 1 aromatic rings. The lowest BCUT2D eigenvalue weighted by molar-refractivity contribution is 0.0951. The summed E-state index contributed by atoms with van der Waals surface area (Å²) in [5.74, 6) is -3.26. The monoisotopic (exact) mass is 379 g/mol. The third kappa shape index (κ3) is 5.44. The Morgan fingerprint density at radius 2 is 1.96 bits per heavy atom. The molecular formula is C21H28F3N3. The number of allylic oxidation sites excluding steroid dienone is 1. The van der Waals surface area contributed by atoms with Gasteiger partial charge in [-0.15, -0.1) is 0 Å². The summed E-state index contributed by atoms with van der Waals surface area (Å²) in [7, 11) is 0. The molecule has 3 nitrogen and oxygen atoms in total. The van der Waals surface area contributed by atoms with Crippen LogP contribution in [0.2, 0.25) is 0 Å². The molecule has 1 saturated carbocycles. The van der Waals surface area contributed by atoms with E-state index >= 15 is 0 Å². The SMILES string of the molecule is CCCN(CCNC1=C(F)CN(CCC2CC2(F)F)C=C1)c1ccccc1. The van der Waals surface area contributed by atoms with Crippen LogP contribution in [0.4, 0.5) is 18.9 Å². The Labute approximate surface area is 159 Å². The third-order valence-corrected chi connectivity index (χ3v) is 5.12. The second kappa shape index (κ2) is 8.72. The molecule has 0 spiro atoms. The molecule has 1 fully saturated rings. The number of nitrogens with one attached hydrogen (secondary N) is 1. The molecule has 1 heterocycles. The number of rotatable bonds is 10. The van der Waals surface area contributed by atoms with Crippen molar-refractivity contribution in [2.24, 2.45) is 5.92 Å². The average molecular weight is 379 g/mol. The van der Waals surface area contributed by atoms with E-state index in [9.17, 15) is 13.2 Å². The van der Waals surface area contributed by atoms with Gasteiger partial charge in [0.05, 0.1) is 12.2 Å². The summed E-state index contributed by atoms with van der Waals surface area (Å²) in [6, 6.07) is 10.2. The maximum Gasteiger partial charge on any atom is 0.251 e. The largest absolute Gasteiger partial charge is 0.381 e. The van der Waals surface area contributed by atoms with Gasteiger partial charge in [0, 0.05) is 50.4 Å². The van der Waals surface area contributed by atoms with Crippen molar-refractivity contribution in [1.82, 2.24) is 10.2 Å². The molecule has 1 aliphatic heterocycles. The first-order valence-electron chi connectivity index (χ1n) is 9.72. The molecule has 0 bridgehead atoms. The highest BCUT2D eigenvalue weighted by molar-refractivity contribution is 5.45. The standard InChI is InChI=1S/C21H28F3N3/c1-2-11-27(18-6-4-3-5-7-18)14-10-25-20-9-13-26(16-19(20)22)12-8-17-15-21(17,23)24/h3-7,9,13,17,25H,2,8,10-12,14-16H2,1H3. The van der Waals surface area contributed by atoms with Gasteiger partial charge in [0.1, 0.15) is 5.83 Å². The molecule has 0 radical (unpaired) electrons. The van der Waals surface area contributed by atoms with Crippen LogP contribution in [0.25, 0.3) is 0 Å². The van der Waals surface area contributed by atoms with E-state index in [0.29, 0.717) is 25.2 Å². The summed E-state index contributed by atoms with van der Waals surface area (Å²) in [5.41, 5.74) is 1.66. The Morgan fingerprint density at radius 3 is 2.59 bits per heavy atom. The molecule has 6 heteroatoms. The van der Waals surface area contributed by atoms with Gasteiger partial charge in [0.25, 0.3) is 5.92 Å². The molecule has 0 amide bonds. The fraction of sp³-hybridized carbons (Fsp3) is 0.524. The molecule has 0 aromatic heterocycles. The van der Waals surface area contributed by atoms with Crippen LogP contribution in [-0.2, 0) is 0 Å². The first-order chi connectivity index (χ1) is 13.0. The van der Waals surface area contributed by atoms with Crippen molar-refractivity contribution in [2.75, 3.05) is 37.6 Å². The predicted octanol–water partition coefficient (Wildman–Crippen LogP) is 4.55. The summed E-state index contributed by atoms with van der Waals surface area (Å²) in [6.07, 6.45) is 4.94. The zero-order valence-electron chi connectivity index (χ0n) is 15.8. The number of alkyl halides is 2. The van der Waals surface area contributed by atoms with Crippen LogP contribution in [0.1, 0.15) is 26.2 Å². The van der Waals surface area contributed by atoms with Gasteiger partial charge in [-0.1, -0.05) is 25.1 Å². The first kappa shape index (κ1) is 19.6. The molecule has 3 rings (SSSR count). The Kier molecular flexibility index (Phi) is 6.34. The summed E-state index contributed by atoms with van der Waals surface area (Å²) in [5, 5.41) is 3.17. The average Bonchev–Trinajstić information content (AvgIpc) is 3.28. The van der Waals surface area contributed by atoms with Crippen molar-refractivity contribution in [2.45, 2.75) is 32.1 Å². The van der Waals surface area contributed by atoms with Gasteiger partial charge in [-0.05, 0) is 31.1 Å². The van der Waals surface area contributed by atoms with Gasteiger partial charge in [-0.25, -0.2) is 13.2 Å². The number of anilines is 1. The minimum Gasteiger partial charge on any atom is -0.381 e. The van der Waals surface area contributed by atoms with Crippen molar-refractivity contribution in [1.29, 1.82) is 0 Å². The number of benzene rings is 1. The molecular weight excluding hydrogens is 351 g/mol. The van der Waals surface area contributed by atoms with E-state index in [1.165, 1.54) is 0 Å². The van der Waals surface area contributed by atoms with Gasteiger partial charge in [-0.2, -0.15) is 0 Å². The molecule has 1 aromatic carbocycles. The van der Waals surface area contributed by atoms with E-state index in [-0.39, 0.29) is 18.8 Å². The molecule has 148 valence electrons. The number of halogens is 3. The van der Waals surface area contributed by atoms with Crippen LogP contribution in [0, 0.1) is 5.92 Å². The highest BCUT2D eigenvalue weighted by Gasteiger charge is 2.56. The van der Waals surface area contributed by atoms with Gasteiger partial charge in [0.15, 0.2) is 0 Å². The quantitative estimate of drug-likeness (QED) is 0.644. The Hall–Kier alpha value is -2.11. The number of para-hydroxylation sites is 1. The van der Waals surface area contributed by atoms with Crippen molar-refractivity contribution < 1.29 is 13.2 Å². The van der Waals surface area contributed by atoms with E-state index < -0.39 is 11.8 Å². The molecule has 2 aliphatic rings. The van der Waals surface area contributed by atoms with Crippen LogP contribution in [0.5, 0.6) is 0 Å². The lowest BCUT2D eigenvalue weighted by atomic mass is 10.2. The topological polar surface area (TPSA) is 18.5 Å². The predicted molar refractivity (Wildman–Crippen MR) is 103 cm³/mol. The number of hydrogen-bond acceptors (Lipinski definition) is 3. The number of hydrogen-bond donors (Lipinski definition) is 1. The lowest BCUT2D eigenvalue weighted by Crippen LogP contribution is -2.34. The van der Waals surface area contributed by atoms with Crippen LogP contribution in [0.15, 0.2) is 54.1 Å². The van der Waals surface area contributed by atoms with Crippen LogP contribution < -0.4 is 10.2 Å². The van der Waals surface area contributed by atoms with E-state index in [4.69, 9.17) is 0 Å². The second-order valence-corrected chi connectivity index (χ2v) is 7.30. The Morgan fingerprint density at radius 1 is 1.22 bits per heavy atom. The summed E-state index contributed by atoms with van der Waals surface area (Å²) < 4.78 is 40.2. The summed E-state index contributed by atoms with van der Waals surface area (Å²) in [4.78, 5) is 4.04. The van der Waals surface area contributed by atoms with Crippen LogP contribution in [-0.4, -0.2) is 43.5 Å².